The van der Waals surface area contributed by atoms with E-state index in [4.69, 9.17) is 0 Å². The summed E-state index contributed by atoms with van der Waals surface area (Å²) in [5, 5.41) is 2.83. The molecule has 0 aliphatic carbocycles. The van der Waals surface area contributed by atoms with Gasteiger partial charge in [0.2, 0.25) is 10.0 Å². The van der Waals surface area contributed by atoms with Gasteiger partial charge < -0.3 is 15.2 Å². The number of hydrogen-bond donors (Lipinski definition) is 2. The van der Waals surface area contributed by atoms with E-state index < -0.39 is 10.0 Å². The zero-order valence-electron chi connectivity index (χ0n) is 15.5. The maximum atomic E-state index is 12.5. The number of hydrogen-bond acceptors (Lipinski definition) is 4. The van der Waals surface area contributed by atoms with E-state index >= 15 is 0 Å². The van der Waals surface area contributed by atoms with Gasteiger partial charge in [-0.2, -0.15) is 4.31 Å². The van der Waals surface area contributed by atoms with Crippen LogP contribution < -0.4 is 10.2 Å². The minimum atomic E-state index is -3.50. The fourth-order valence-corrected chi connectivity index (χ4v) is 4.67. The lowest BCUT2D eigenvalue weighted by atomic mass is 10.3. The summed E-state index contributed by atoms with van der Waals surface area (Å²) in [6.07, 6.45) is 3.95. The number of carbonyl (C=O) groups excluding carboxylic acids is 1. The topological polar surface area (TPSA) is 85.5 Å². The second-order valence-corrected chi connectivity index (χ2v) is 8.66. The highest BCUT2D eigenvalue weighted by Crippen LogP contribution is 2.21. The fourth-order valence-electron chi connectivity index (χ4n) is 3.16. The third-order valence-corrected chi connectivity index (χ3v) is 6.63. The largest absolute Gasteiger partial charge is 0.375 e. The first-order valence-corrected chi connectivity index (χ1v) is 10.7. The van der Waals surface area contributed by atoms with E-state index in [1.165, 1.54) is 16.6 Å². The van der Waals surface area contributed by atoms with Gasteiger partial charge in [-0.25, -0.2) is 8.42 Å². The minimum Gasteiger partial charge on any atom is -0.375 e. The molecule has 2 N–H and O–H groups in total. The van der Waals surface area contributed by atoms with Crippen LogP contribution in [0.4, 0.5) is 5.69 Å². The first-order chi connectivity index (χ1) is 13.0. The van der Waals surface area contributed by atoms with Crippen LogP contribution in [0.1, 0.15) is 29.8 Å². The van der Waals surface area contributed by atoms with Gasteiger partial charge in [-0.05, 0) is 37.5 Å². The van der Waals surface area contributed by atoms with Crippen LogP contribution in [-0.4, -0.2) is 56.8 Å². The molecule has 1 aromatic heterocycles. The van der Waals surface area contributed by atoms with Crippen molar-refractivity contribution in [2.45, 2.75) is 24.2 Å². The Hall–Kier alpha value is -2.32. The molecule has 7 nitrogen and oxygen atoms in total. The molecule has 0 atom stereocenters. The lowest BCUT2D eigenvalue weighted by Crippen LogP contribution is -2.28. The van der Waals surface area contributed by atoms with E-state index in [1.54, 1.807) is 0 Å². The van der Waals surface area contributed by atoms with Crippen LogP contribution >= 0.6 is 0 Å². The number of nitrogens with zero attached hydrogens (tertiary/aromatic N) is 2. The van der Waals surface area contributed by atoms with Crippen molar-refractivity contribution in [1.82, 2.24) is 14.6 Å². The number of benzene rings is 1. The predicted octanol–water partition coefficient (Wildman–Crippen LogP) is 2.06. The summed E-state index contributed by atoms with van der Waals surface area (Å²) in [5.41, 5.74) is 1.40. The van der Waals surface area contributed by atoms with E-state index in [-0.39, 0.29) is 16.5 Å². The van der Waals surface area contributed by atoms with Gasteiger partial charge in [0.1, 0.15) is 10.6 Å². The average Bonchev–Trinajstić information content (AvgIpc) is 3.38. The summed E-state index contributed by atoms with van der Waals surface area (Å²) < 4.78 is 26.5. The molecule has 0 saturated carbocycles. The van der Waals surface area contributed by atoms with Gasteiger partial charge in [-0.1, -0.05) is 18.2 Å². The Morgan fingerprint density at radius 3 is 2.63 bits per heavy atom. The molecule has 3 rings (SSSR count). The van der Waals surface area contributed by atoms with E-state index in [9.17, 15) is 13.2 Å². The number of nitrogens with one attached hydrogen (secondary N) is 2. The number of aromatic amines is 1. The van der Waals surface area contributed by atoms with Crippen molar-refractivity contribution in [3.05, 3.63) is 48.3 Å². The summed E-state index contributed by atoms with van der Waals surface area (Å²) in [6.45, 7) is 2.42. The highest BCUT2D eigenvalue weighted by molar-refractivity contribution is 7.89. The van der Waals surface area contributed by atoms with Crippen LogP contribution in [-0.2, 0) is 10.0 Å². The van der Waals surface area contributed by atoms with E-state index in [0.29, 0.717) is 19.6 Å². The van der Waals surface area contributed by atoms with Gasteiger partial charge in [0.15, 0.2) is 0 Å². The summed E-state index contributed by atoms with van der Waals surface area (Å²) in [6, 6.07) is 11.5. The zero-order valence-corrected chi connectivity index (χ0v) is 16.3. The number of aromatic nitrogens is 1. The molecule has 8 heteroatoms. The zero-order chi connectivity index (χ0) is 19.3. The van der Waals surface area contributed by atoms with Crippen LogP contribution in [0, 0.1) is 0 Å². The number of para-hydroxylation sites is 1. The molecule has 1 aliphatic rings. The minimum absolute atomic E-state index is 0.151. The molecule has 1 aromatic carbocycles. The summed E-state index contributed by atoms with van der Waals surface area (Å²) in [5.74, 6) is -0.291. The van der Waals surface area contributed by atoms with Crippen LogP contribution in [0.2, 0.25) is 0 Å². The van der Waals surface area contributed by atoms with Gasteiger partial charge in [0.05, 0.1) is 0 Å². The molecule has 1 fully saturated rings. The van der Waals surface area contributed by atoms with Crippen molar-refractivity contribution in [2.24, 2.45) is 0 Å². The quantitative estimate of drug-likeness (QED) is 0.676. The Labute approximate surface area is 160 Å². The second-order valence-electron chi connectivity index (χ2n) is 6.73. The Bertz CT molecular complexity index is 858. The monoisotopic (exact) mass is 390 g/mol. The predicted molar refractivity (Wildman–Crippen MR) is 105 cm³/mol. The van der Waals surface area contributed by atoms with Crippen molar-refractivity contribution in [2.75, 3.05) is 38.1 Å². The Morgan fingerprint density at radius 1 is 1.22 bits per heavy atom. The van der Waals surface area contributed by atoms with E-state index in [0.717, 1.165) is 31.5 Å². The summed E-state index contributed by atoms with van der Waals surface area (Å²) in [4.78, 5) is 17.3. The van der Waals surface area contributed by atoms with Crippen LogP contribution in [0.15, 0.2) is 47.5 Å². The first kappa shape index (κ1) is 19.4. The second kappa shape index (κ2) is 8.58. The van der Waals surface area contributed by atoms with Crippen molar-refractivity contribution < 1.29 is 13.2 Å². The smallest absolute Gasteiger partial charge is 0.267 e. The van der Waals surface area contributed by atoms with Crippen molar-refractivity contribution in [3.63, 3.8) is 0 Å². The van der Waals surface area contributed by atoms with E-state index in [1.807, 2.05) is 37.4 Å². The maximum Gasteiger partial charge on any atom is 0.267 e. The molecule has 2 heterocycles. The molecule has 0 spiro atoms. The van der Waals surface area contributed by atoms with Crippen LogP contribution in [0.3, 0.4) is 0 Å². The Kier molecular flexibility index (Phi) is 6.18. The summed E-state index contributed by atoms with van der Waals surface area (Å²) in [7, 11) is -1.49. The van der Waals surface area contributed by atoms with Crippen LogP contribution in [0.5, 0.6) is 0 Å². The maximum absolute atomic E-state index is 12.5. The van der Waals surface area contributed by atoms with Gasteiger partial charge in [-0.15, -0.1) is 0 Å². The molecule has 146 valence electrons. The lowest BCUT2D eigenvalue weighted by Gasteiger charge is -2.19. The number of sulfonamides is 1. The fraction of sp³-hybridized carbons (Fsp3) is 0.421. The summed E-state index contributed by atoms with van der Waals surface area (Å²) >= 11 is 0. The third kappa shape index (κ3) is 4.70. The number of carbonyl (C=O) groups is 1. The Morgan fingerprint density at radius 2 is 1.93 bits per heavy atom. The molecule has 1 saturated heterocycles. The van der Waals surface area contributed by atoms with Gasteiger partial charge in [0, 0.05) is 45.1 Å². The van der Waals surface area contributed by atoms with Crippen molar-refractivity contribution in [1.29, 1.82) is 0 Å². The Balaban J connectivity index is 1.48. The number of rotatable bonds is 8. The molecule has 27 heavy (non-hydrogen) atoms. The number of H-pyrrole nitrogens is 1. The molecule has 1 aliphatic heterocycles. The standard InChI is InChI=1S/C19H26N4O3S/c1-22(16-8-3-2-4-9-16)11-7-10-20-19(24)18-14-17(15-21-18)27(25,26)23-12-5-6-13-23/h2-4,8-9,14-15,21H,5-7,10-13H2,1H3,(H,20,24). The molecule has 1 amide bonds. The van der Waals surface area contributed by atoms with Crippen molar-refractivity contribution >= 4 is 21.6 Å². The highest BCUT2D eigenvalue weighted by atomic mass is 32.2. The molecular weight excluding hydrogens is 364 g/mol. The SMILES string of the molecule is CN(CCCNC(=O)c1cc(S(=O)(=O)N2CCCC2)c[nH]1)c1ccccc1. The van der Waals surface area contributed by atoms with Gasteiger partial charge in [-0.3, -0.25) is 4.79 Å². The molecule has 0 bridgehead atoms. The van der Waals surface area contributed by atoms with Gasteiger partial charge >= 0.3 is 0 Å². The molecule has 2 aromatic rings. The average molecular weight is 391 g/mol. The number of anilines is 1. The highest BCUT2D eigenvalue weighted by Gasteiger charge is 2.28. The van der Waals surface area contributed by atoms with E-state index in [2.05, 4.69) is 15.2 Å². The van der Waals surface area contributed by atoms with Crippen LogP contribution in [0.25, 0.3) is 0 Å². The molecule has 0 radical (unpaired) electrons. The normalized spacial score (nSPS) is 15.0. The van der Waals surface area contributed by atoms with Gasteiger partial charge in [0.25, 0.3) is 5.91 Å². The lowest BCUT2D eigenvalue weighted by molar-refractivity contribution is 0.0949. The number of amides is 1. The third-order valence-electron chi connectivity index (χ3n) is 4.76. The molecular formula is C19H26N4O3S. The van der Waals surface area contributed by atoms with Crippen molar-refractivity contribution in [3.8, 4) is 0 Å². The molecule has 0 unspecified atom stereocenters. The first-order valence-electron chi connectivity index (χ1n) is 9.21.